The van der Waals surface area contributed by atoms with Crippen LogP contribution < -0.4 is 5.73 Å². The van der Waals surface area contributed by atoms with E-state index >= 15 is 0 Å². The number of hydrogen-bond acceptors (Lipinski definition) is 4. The van der Waals surface area contributed by atoms with E-state index in [1.165, 1.54) is 0 Å². The minimum Gasteiger partial charge on any atom is -0.383 e. The fraction of sp³-hybridized carbons (Fsp3) is 0.375. The fourth-order valence-corrected chi connectivity index (χ4v) is 2.90. The second-order valence-corrected chi connectivity index (χ2v) is 5.76. The van der Waals surface area contributed by atoms with Crippen LogP contribution in [-0.2, 0) is 0 Å². The highest BCUT2D eigenvalue weighted by Gasteiger charge is 2.29. The van der Waals surface area contributed by atoms with Gasteiger partial charge in [-0.05, 0) is 25.9 Å². The first-order chi connectivity index (χ1) is 10.1. The Labute approximate surface area is 124 Å². The van der Waals surface area contributed by atoms with E-state index in [1.807, 2.05) is 29.2 Å². The summed E-state index contributed by atoms with van der Waals surface area (Å²) in [5.74, 6) is 0.512. The molecule has 2 N–H and O–H groups in total. The standard InChI is InChI=1S/C16H20N4O/c1-19(2)11-7-8-20(10-11)16(21)14-9-18-15(17)13-6-4-3-5-12(13)14/h3-6,9,11H,7-8,10H2,1-2H3,(H2,17,18). The van der Waals surface area contributed by atoms with Gasteiger partial charge in [-0.15, -0.1) is 0 Å². The first kappa shape index (κ1) is 13.8. The molecule has 1 aliphatic rings. The average molecular weight is 284 g/mol. The maximum absolute atomic E-state index is 12.8. The number of anilines is 1. The maximum Gasteiger partial charge on any atom is 0.256 e. The number of likely N-dealkylation sites (tertiary alicyclic amines) is 1. The summed E-state index contributed by atoms with van der Waals surface area (Å²) < 4.78 is 0. The van der Waals surface area contributed by atoms with Crippen molar-refractivity contribution >= 4 is 22.5 Å². The molecule has 1 amide bonds. The van der Waals surface area contributed by atoms with Crippen LogP contribution in [0.2, 0.25) is 0 Å². The number of nitrogen functional groups attached to an aromatic ring is 1. The Morgan fingerprint density at radius 2 is 2.05 bits per heavy atom. The molecular formula is C16H20N4O. The molecule has 3 rings (SSSR count). The summed E-state index contributed by atoms with van der Waals surface area (Å²) in [5, 5.41) is 1.72. The third-order valence-corrected chi connectivity index (χ3v) is 4.24. The van der Waals surface area contributed by atoms with E-state index in [4.69, 9.17) is 5.73 Å². The average Bonchev–Trinajstić information content (AvgIpc) is 2.97. The van der Waals surface area contributed by atoms with Gasteiger partial charge in [-0.3, -0.25) is 4.79 Å². The zero-order valence-corrected chi connectivity index (χ0v) is 12.4. The summed E-state index contributed by atoms with van der Waals surface area (Å²) in [6, 6.07) is 8.10. The molecule has 0 aliphatic carbocycles. The molecule has 0 spiro atoms. The topological polar surface area (TPSA) is 62.5 Å². The molecule has 0 bridgehead atoms. The molecule has 110 valence electrons. The van der Waals surface area contributed by atoms with Crippen LogP contribution in [0.1, 0.15) is 16.8 Å². The lowest BCUT2D eigenvalue weighted by Crippen LogP contribution is -2.34. The SMILES string of the molecule is CN(C)C1CCN(C(=O)c2cnc(N)c3ccccc23)C1. The Morgan fingerprint density at radius 1 is 1.33 bits per heavy atom. The molecule has 1 unspecified atom stereocenters. The van der Waals surface area contributed by atoms with E-state index in [1.54, 1.807) is 6.20 Å². The molecule has 21 heavy (non-hydrogen) atoms. The molecule has 2 aromatic rings. The summed E-state index contributed by atoms with van der Waals surface area (Å²) >= 11 is 0. The molecule has 0 radical (unpaired) electrons. The van der Waals surface area contributed by atoms with Gasteiger partial charge in [-0.1, -0.05) is 24.3 Å². The third-order valence-electron chi connectivity index (χ3n) is 4.24. The van der Waals surface area contributed by atoms with Crippen LogP contribution in [0.15, 0.2) is 30.5 Å². The quantitative estimate of drug-likeness (QED) is 0.909. The molecule has 2 heterocycles. The van der Waals surface area contributed by atoms with Crippen molar-refractivity contribution < 1.29 is 4.79 Å². The van der Waals surface area contributed by atoms with E-state index in [0.717, 1.165) is 30.3 Å². The highest BCUT2D eigenvalue weighted by Crippen LogP contribution is 2.25. The molecule has 5 heteroatoms. The maximum atomic E-state index is 12.8. The first-order valence-electron chi connectivity index (χ1n) is 7.17. The Bertz CT molecular complexity index is 683. The number of fused-ring (bicyclic) bond motifs is 1. The van der Waals surface area contributed by atoms with Crippen molar-refractivity contribution in [3.05, 3.63) is 36.0 Å². The Morgan fingerprint density at radius 3 is 2.71 bits per heavy atom. The predicted molar refractivity (Wildman–Crippen MR) is 84.2 cm³/mol. The second-order valence-electron chi connectivity index (χ2n) is 5.76. The number of hydrogen-bond donors (Lipinski definition) is 1. The van der Waals surface area contributed by atoms with Gasteiger partial charge in [0, 0.05) is 30.7 Å². The highest BCUT2D eigenvalue weighted by molar-refractivity contribution is 6.09. The summed E-state index contributed by atoms with van der Waals surface area (Å²) in [4.78, 5) is 21.0. The molecular weight excluding hydrogens is 264 g/mol. The zero-order valence-electron chi connectivity index (χ0n) is 12.4. The number of amides is 1. The number of nitrogens with two attached hydrogens (primary N) is 1. The van der Waals surface area contributed by atoms with Crippen LogP contribution in [-0.4, -0.2) is 53.9 Å². The normalized spacial score (nSPS) is 18.6. The van der Waals surface area contributed by atoms with E-state index in [2.05, 4.69) is 24.0 Å². The van der Waals surface area contributed by atoms with Crippen molar-refractivity contribution in [3.8, 4) is 0 Å². The number of likely N-dealkylation sites (N-methyl/N-ethyl adjacent to an activating group) is 1. The minimum absolute atomic E-state index is 0.0445. The van der Waals surface area contributed by atoms with E-state index in [9.17, 15) is 4.79 Å². The fourth-order valence-electron chi connectivity index (χ4n) is 2.90. The van der Waals surface area contributed by atoms with Gasteiger partial charge in [0.15, 0.2) is 0 Å². The van der Waals surface area contributed by atoms with Gasteiger partial charge in [0.2, 0.25) is 0 Å². The second kappa shape index (κ2) is 5.33. The smallest absolute Gasteiger partial charge is 0.256 e. The zero-order chi connectivity index (χ0) is 15.0. The minimum atomic E-state index is 0.0445. The van der Waals surface area contributed by atoms with Crippen LogP contribution in [0.25, 0.3) is 10.8 Å². The Balaban J connectivity index is 1.94. The van der Waals surface area contributed by atoms with Gasteiger partial charge in [0.05, 0.1) is 5.56 Å². The highest BCUT2D eigenvalue weighted by atomic mass is 16.2. The molecule has 0 saturated carbocycles. The number of nitrogens with zero attached hydrogens (tertiary/aromatic N) is 3. The van der Waals surface area contributed by atoms with Gasteiger partial charge in [-0.2, -0.15) is 0 Å². The number of rotatable bonds is 2. The summed E-state index contributed by atoms with van der Waals surface area (Å²) in [5.41, 5.74) is 6.54. The number of benzene rings is 1. The summed E-state index contributed by atoms with van der Waals surface area (Å²) in [6.45, 7) is 1.56. The number of carbonyl (C=O) groups excluding carboxylic acids is 1. The molecule has 1 fully saturated rings. The van der Waals surface area contributed by atoms with Crippen molar-refractivity contribution in [2.24, 2.45) is 0 Å². The summed E-state index contributed by atoms with van der Waals surface area (Å²) in [7, 11) is 4.11. The van der Waals surface area contributed by atoms with Crippen molar-refractivity contribution in [1.82, 2.24) is 14.8 Å². The van der Waals surface area contributed by atoms with Gasteiger partial charge >= 0.3 is 0 Å². The van der Waals surface area contributed by atoms with Gasteiger partial charge in [-0.25, -0.2) is 4.98 Å². The molecule has 1 aromatic carbocycles. The lowest BCUT2D eigenvalue weighted by Gasteiger charge is -2.21. The predicted octanol–water partition coefficient (Wildman–Crippen LogP) is 1.59. The van der Waals surface area contributed by atoms with Crippen molar-refractivity contribution in [2.45, 2.75) is 12.5 Å². The van der Waals surface area contributed by atoms with Gasteiger partial charge < -0.3 is 15.5 Å². The Hall–Kier alpha value is -2.14. The van der Waals surface area contributed by atoms with E-state index < -0.39 is 0 Å². The molecule has 1 atom stereocenters. The third kappa shape index (κ3) is 2.45. The molecule has 1 aromatic heterocycles. The Kier molecular flexibility index (Phi) is 3.51. The van der Waals surface area contributed by atoms with E-state index in [-0.39, 0.29) is 5.91 Å². The number of carbonyl (C=O) groups is 1. The molecule has 1 aliphatic heterocycles. The van der Waals surface area contributed by atoms with E-state index in [0.29, 0.717) is 17.4 Å². The molecule has 1 saturated heterocycles. The summed E-state index contributed by atoms with van der Waals surface area (Å²) in [6.07, 6.45) is 2.61. The van der Waals surface area contributed by atoms with Gasteiger partial charge in [0.1, 0.15) is 5.82 Å². The van der Waals surface area contributed by atoms with Crippen molar-refractivity contribution in [1.29, 1.82) is 0 Å². The van der Waals surface area contributed by atoms with Crippen LogP contribution in [0.5, 0.6) is 0 Å². The van der Waals surface area contributed by atoms with Crippen molar-refractivity contribution in [2.75, 3.05) is 32.9 Å². The van der Waals surface area contributed by atoms with Crippen LogP contribution in [0, 0.1) is 0 Å². The van der Waals surface area contributed by atoms with Crippen LogP contribution in [0.4, 0.5) is 5.82 Å². The molecule has 5 nitrogen and oxygen atoms in total. The monoisotopic (exact) mass is 284 g/mol. The van der Waals surface area contributed by atoms with Crippen LogP contribution >= 0.6 is 0 Å². The number of aromatic nitrogens is 1. The van der Waals surface area contributed by atoms with Crippen molar-refractivity contribution in [3.63, 3.8) is 0 Å². The largest absolute Gasteiger partial charge is 0.383 e. The lowest BCUT2D eigenvalue weighted by atomic mass is 10.1. The van der Waals surface area contributed by atoms with Gasteiger partial charge in [0.25, 0.3) is 5.91 Å². The lowest BCUT2D eigenvalue weighted by molar-refractivity contribution is 0.0784. The van der Waals surface area contributed by atoms with Crippen LogP contribution in [0.3, 0.4) is 0 Å². The number of pyridine rings is 1. The first-order valence-corrected chi connectivity index (χ1v) is 7.17.